The second-order valence-corrected chi connectivity index (χ2v) is 3.50. The van der Waals surface area contributed by atoms with Gasteiger partial charge in [0.25, 0.3) is 0 Å². The number of nitrogens with zero attached hydrogens (tertiary/aromatic N) is 1. The Morgan fingerprint density at radius 2 is 1.72 bits per heavy atom. The Labute approximate surface area is 130 Å². The van der Waals surface area contributed by atoms with E-state index in [9.17, 15) is 4.79 Å². The Balaban J connectivity index is 0. The zero-order chi connectivity index (χ0) is 12.5. The monoisotopic (exact) mass is 263 g/mol. The molecule has 18 heavy (non-hydrogen) atoms. The van der Waals surface area contributed by atoms with Crippen molar-refractivity contribution in [3.63, 3.8) is 0 Å². The van der Waals surface area contributed by atoms with Crippen LogP contribution in [-0.4, -0.2) is 47.5 Å². The molecule has 0 aliphatic heterocycles. The number of rotatable bonds is 7. The molecule has 0 radical (unpaired) electrons. The maximum atomic E-state index is 11.5. The van der Waals surface area contributed by atoms with E-state index < -0.39 is 5.97 Å². The van der Waals surface area contributed by atoms with Crippen molar-refractivity contribution in [1.29, 1.82) is 0 Å². The van der Waals surface area contributed by atoms with Crippen molar-refractivity contribution >= 4 is 5.97 Å². The Kier molecular flexibility index (Phi) is 10.2. The van der Waals surface area contributed by atoms with Gasteiger partial charge in [0.1, 0.15) is 0 Å². The first-order chi connectivity index (χ1) is 8.26. The summed E-state index contributed by atoms with van der Waals surface area (Å²) in [5.41, 5.74) is 0.866. The van der Waals surface area contributed by atoms with Crippen LogP contribution < -0.4 is 29.6 Å². The van der Waals surface area contributed by atoms with Gasteiger partial charge >= 0.3 is 35.5 Å². The Hall–Kier alpha value is -0.430. The van der Waals surface area contributed by atoms with Crippen LogP contribution in [0.2, 0.25) is 0 Å². The number of hydrogen-bond donors (Lipinski definition) is 2. The first-order valence-electron chi connectivity index (χ1n) is 5.47. The molecule has 96 valence electrons. The molecule has 0 heterocycles. The van der Waals surface area contributed by atoms with Crippen molar-refractivity contribution < 1.29 is 50.8 Å². The molecule has 0 amide bonds. The van der Waals surface area contributed by atoms with Crippen LogP contribution >= 0.6 is 0 Å². The third-order valence-corrected chi connectivity index (χ3v) is 2.12. The van der Waals surface area contributed by atoms with Crippen LogP contribution in [0.15, 0.2) is 30.3 Å². The summed E-state index contributed by atoms with van der Waals surface area (Å²) in [4.78, 5) is 16.6. The maximum absolute atomic E-state index is 11.5. The van der Waals surface area contributed by atoms with Gasteiger partial charge in [-0.05, 0) is 5.56 Å². The van der Waals surface area contributed by atoms with Crippen LogP contribution in [0, 0.1) is 0 Å². The molecular formula is C12H18NNaO4. The minimum Gasteiger partial charge on any atom is -1.00 e. The van der Waals surface area contributed by atoms with Crippen LogP contribution in [-0.2, 0) is 16.1 Å². The summed E-state index contributed by atoms with van der Waals surface area (Å²) in [6, 6.07) is 9.25. The van der Waals surface area contributed by atoms with Gasteiger partial charge in [0.05, 0.1) is 32.7 Å². The summed E-state index contributed by atoms with van der Waals surface area (Å²) >= 11 is 0. The molecule has 0 unspecified atom stereocenters. The first kappa shape index (κ1) is 17.6. The fraction of sp³-hybridized carbons (Fsp3) is 0.417. The smallest absolute Gasteiger partial charge is 1.00 e. The second kappa shape index (κ2) is 10.5. The summed E-state index contributed by atoms with van der Waals surface area (Å²) in [5.74, 6) is -0.405. The van der Waals surface area contributed by atoms with E-state index >= 15 is 0 Å². The molecule has 0 spiro atoms. The molecule has 0 aromatic heterocycles. The SMILES string of the molecule is O=C(Cc1ccccc1)ON(CCO)CCO.[H-].[Na+]. The van der Waals surface area contributed by atoms with E-state index in [1.54, 1.807) is 0 Å². The topological polar surface area (TPSA) is 70.0 Å². The molecule has 0 aliphatic rings. The number of aliphatic hydroxyl groups is 2. The average molecular weight is 263 g/mol. The number of benzene rings is 1. The molecule has 0 saturated carbocycles. The van der Waals surface area contributed by atoms with Crippen LogP contribution in [0.4, 0.5) is 0 Å². The van der Waals surface area contributed by atoms with Gasteiger partial charge in [-0.1, -0.05) is 30.3 Å². The standard InChI is InChI=1S/C12H17NO4.Na.H/c14-8-6-13(7-9-15)17-12(16)10-11-4-2-1-3-5-11;;/h1-5,14-15H,6-10H2;;/q;+1;-1. The van der Waals surface area contributed by atoms with Crippen molar-refractivity contribution in [2.75, 3.05) is 26.3 Å². The molecule has 0 bridgehead atoms. The molecule has 1 aromatic rings. The van der Waals surface area contributed by atoms with E-state index in [1.165, 1.54) is 5.06 Å². The largest absolute Gasteiger partial charge is 1.00 e. The van der Waals surface area contributed by atoms with Crippen LogP contribution in [0.3, 0.4) is 0 Å². The zero-order valence-corrected chi connectivity index (χ0v) is 12.6. The average Bonchev–Trinajstić information content (AvgIpc) is 2.30. The molecule has 2 N–H and O–H groups in total. The van der Waals surface area contributed by atoms with E-state index in [2.05, 4.69) is 0 Å². The number of carbonyl (C=O) groups is 1. The molecule has 0 fully saturated rings. The molecule has 0 saturated heterocycles. The summed E-state index contributed by atoms with van der Waals surface area (Å²) < 4.78 is 0. The molecule has 5 nitrogen and oxygen atoms in total. The van der Waals surface area contributed by atoms with E-state index in [-0.39, 0.29) is 63.7 Å². The summed E-state index contributed by atoms with van der Waals surface area (Å²) in [6.07, 6.45) is 0.175. The van der Waals surface area contributed by atoms with E-state index in [0.29, 0.717) is 0 Å². The number of aliphatic hydroxyl groups excluding tert-OH is 2. The van der Waals surface area contributed by atoms with E-state index in [1.807, 2.05) is 30.3 Å². The van der Waals surface area contributed by atoms with Gasteiger partial charge in [-0.3, -0.25) is 0 Å². The first-order valence-corrected chi connectivity index (χ1v) is 5.47. The van der Waals surface area contributed by atoms with Gasteiger partial charge < -0.3 is 16.5 Å². The van der Waals surface area contributed by atoms with Gasteiger partial charge in [-0.15, -0.1) is 5.06 Å². The molecular weight excluding hydrogens is 245 g/mol. The fourth-order valence-corrected chi connectivity index (χ4v) is 1.36. The minimum absolute atomic E-state index is 0. The quantitative estimate of drug-likeness (QED) is 0.408. The predicted molar refractivity (Wildman–Crippen MR) is 63.1 cm³/mol. The van der Waals surface area contributed by atoms with Gasteiger partial charge in [0.15, 0.2) is 0 Å². The molecule has 1 aromatic carbocycles. The third kappa shape index (κ3) is 7.10. The predicted octanol–water partition coefficient (Wildman–Crippen LogP) is -2.91. The molecule has 0 atom stereocenters. The Morgan fingerprint density at radius 1 is 1.17 bits per heavy atom. The summed E-state index contributed by atoms with van der Waals surface area (Å²) in [6.45, 7) is 0.138. The van der Waals surface area contributed by atoms with Crippen molar-refractivity contribution in [1.82, 2.24) is 5.06 Å². The van der Waals surface area contributed by atoms with Crippen LogP contribution in [0.25, 0.3) is 0 Å². The van der Waals surface area contributed by atoms with Crippen molar-refractivity contribution in [2.24, 2.45) is 0 Å². The van der Waals surface area contributed by atoms with Crippen molar-refractivity contribution in [3.8, 4) is 0 Å². The van der Waals surface area contributed by atoms with Gasteiger partial charge in [0.2, 0.25) is 0 Å². The fourth-order valence-electron chi connectivity index (χ4n) is 1.36. The number of carbonyl (C=O) groups excluding carboxylic acids is 1. The van der Waals surface area contributed by atoms with Crippen LogP contribution in [0.1, 0.15) is 6.99 Å². The third-order valence-electron chi connectivity index (χ3n) is 2.12. The van der Waals surface area contributed by atoms with Crippen LogP contribution in [0.5, 0.6) is 0 Å². The summed E-state index contributed by atoms with van der Waals surface area (Å²) in [5, 5.41) is 18.8. The Bertz CT molecular complexity index is 334. The van der Waals surface area contributed by atoms with E-state index in [4.69, 9.17) is 15.1 Å². The Morgan fingerprint density at radius 3 is 2.22 bits per heavy atom. The van der Waals surface area contributed by atoms with Crippen molar-refractivity contribution in [3.05, 3.63) is 35.9 Å². The maximum Gasteiger partial charge on any atom is 1.00 e. The minimum atomic E-state index is -0.405. The zero-order valence-electron chi connectivity index (χ0n) is 11.6. The molecule has 6 heteroatoms. The number of hydroxylamine groups is 2. The second-order valence-electron chi connectivity index (χ2n) is 3.50. The molecule has 0 aliphatic carbocycles. The van der Waals surface area contributed by atoms with Gasteiger partial charge in [-0.25, -0.2) is 4.79 Å². The van der Waals surface area contributed by atoms with Crippen molar-refractivity contribution in [2.45, 2.75) is 6.42 Å². The van der Waals surface area contributed by atoms with Gasteiger partial charge in [0, 0.05) is 0 Å². The molecule has 1 rings (SSSR count). The number of hydrogen-bond acceptors (Lipinski definition) is 5. The van der Waals surface area contributed by atoms with E-state index in [0.717, 1.165) is 5.56 Å². The summed E-state index contributed by atoms with van der Waals surface area (Å²) in [7, 11) is 0. The van der Waals surface area contributed by atoms with Gasteiger partial charge in [-0.2, -0.15) is 0 Å². The normalized spacial score (nSPS) is 9.94.